The van der Waals surface area contributed by atoms with Gasteiger partial charge in [-0.25, -0.2) is 0 Å². The molecule has 0 unspecified atom stereocenters. The number of carbonyl (C=O) groups excluding carboxylic acids is 2. The van der Waals surface area contributed by atoms with Crippen molar-refractivity contribution in [3.8, 4) is 5.75 Å². The molecule has 0 saturated heterocycles. The SMILES string of the molecule is O=C(NC1CC1)c1ccsc1NC(=O)[C@H]1COc2ccccc21. The average molecular weight is 328 g/mol. The molecule has 5 nitrogen and oxygen atoms in total. The predicted molar refractivity (Wildman–Crippen MR) is 88.1 cm³/mol. The highest BCUT2D eigenvalue weighted by Gasteiger charge is 2.31. The molecule has 23 heavy (non-hydrogen) atoms. The molecule has 2 amide bonds. The maximum Gasteiger partial charge on any atom is 0.254 e. The van der Waals surface area contributed by atoms with Gasteiger partial charge >= 0.3 is 0 Å². The summed E-state index contributed by atoms with van der Waals surface area (Å²) in [6.45, 7) is 0.333. The molecule has 0 bridgehead atoms. The minimum absolute atomic E-state index is 0.118. The van der Waals surface area contributed by atoms with Crippen molar-refractivity contribution in [2.24, 2.45) is 0 Å². The van der Waals surface area contributed by atoms with Gasteiger partial charge in [0.05, 0.1) is 5.56 Å². The molecule has 6 heteroatoms. The molecule has 1 saturated carbocycles. The quantitative estimate of drug-likeness (QED) is 0.907. The maximum atomic E-state index is 12.6. The van der Waals surface area contributed by atoms with Crippen LogP contribution < -0.4 is 15.4 Å². The van der Waals surface area contributed by atoms with E-state index in [1.54, 1.807) is 6.07 Å². The molecule has 118 valence electrons. The standard InChI is InChI=1S/C17H16N2O3S/c20-15(18-10-5-6-10)12-7-8-23-17(12)19-16(21)13-9-22-14-4-2-1-3-11(13)14/h1-4,7-8,10,13H,5-6,9H2,(H,18,20)(H,19,21)/t13-/m0/s1. The zero-order chi connectivity index (χ0) is 15.8. The van der Waals surface area contributed by atoms with Gasteiger partial charge in [-0.05, 0) is 30.4 Å². The fourth-order valence-electron chi connectivity index (χ4n) is 2.65. The molecule has 0 radical (unpaired) electrons. The Kier molecular flexibility index (Phi) is 3.53. The first kappa shape index (κ1) is 14.3. The summed E-state index contributed by atoms with van der Waals surface area (Å²) in [5.74, 6) is 0.156. The van der Waals surface area contributed by atoms with Gasteiger partial charge in [-0.3, -0.25) is 9.59 Å². The summed E-state index contributed by atoms with van der Waals surface area (Å²) in [7, 11) is 0. The third-order valence-corrected chi connectivity index (χ3v) is 4.91. The molecular formula is C17H16N2O3S. The number of hydrogen-bond acceptors (Lipinski definition) is 4. The minimum atomic E-state index is -0.340. The summed E-state index contributed by atoms with van der Waals surface area (Å²) in [4.78, 5) is 24.8. The van der Waals surface area contributed by atoms with E-state index < -0.39 is 0 Å². The first-order valence-electron chi connectivity index (χ1n) is 7.63. The van der Waals surface area contributed by atoms with Gasteiger partial charge in [0.15, 0.2) is 0 Å². The number of carbonyl (C=O) groups is 2. The summed E-state index contributed by atoms with van der Waals surface area (Å²) in [5.41, 5.74) is 1.42. The van der Waals surface area contributed by atoms with E-state index >= 15 is 0 Å². The van der Waals surface area contributed by atoms with Gasteiger partial charge in [0.25, 0.3) is 5.91 Å². The number of ether oxygens (including phenoxy) is 1. The van der Waals surface area contributed by atoms with E-state index in [9.17, 15) is 9.59 Å². The number of para-hydroxylation sites is 1. The summed E-state index contributed by atoms with van der Waals surface area (Å²) >= 11 is 1.36. The Labute approximate surface area is 137 Å². The lowest BCUT2D eigenvalue weighted by atomic mass is 10.0. The number of hydrogen-bond donors (Lipinski definition) is 2. The van der Waals surface area contributed by atoms with Crippen molar-refractivity contribution in [3.63, 3.8) is 0 Å². The van der Waals surface area contributed by atoms with E-state index in [4.69, 9.17) is 4.74 Å². The van der Waals surface area contributed by atoms with Crippen molar-refractivity contribution in [1.29, 1.82) is 0 Å². The van der Waals surface area contributed by atoms with Crippen LogP contribution in [0.15, 0.2) is 35.7 Å². The molecule has 1 aliphatic carbocycles. The second-order valence-electron chi connectivity index (χ2n) is 5.80. The Hall–Kier alpha value is -2.34. The molecule has 2 aromatic rings. The Morgan fingerprint density at radius 1 is 1.17 bits per heavy atom. The van der Waals surface area contributed by atoms with Crippen molar-refractivity contribution in [1.82, 2.24) is 5.32 Å². The molecule has 1 aromatic carbocycles. The molecule has 2 N–H and O–H groups in total. The van der Waals surface area contributed by atoms with E-state index in [2.05, 4.69) is 10.6 Å². The first-order chi connectivity index (χ1) is 11.2. The highest BCUT2D eigenvalue weighted by atomic mass is 32.1. The van der Waals surface area contributed by atoms with Gasteiger partial charge in [0, 0.05) is 11.6 Å². The number of nitrogens with one attached hydrogen (secondary N) is 2. The summed E-state index contributed by atoms with van der Waals surface area (Å²) in [6.07, 6.45) is 2.07. The smallest absolute Gasteiger partial charge is 0.254 e. The minimum Gasteiger partial charge on any atom is -0.492 e. The lowest BCUT2D eigenvalue weighted by Crippen LogP contribution is -2.27. The van der Waals surface area contributed by atoms with Crippen LogP contribution in [0.5, 0.6) is 5.75 Å². The lowest BCUT2D eigenvalue weighted by Gasteiger charge is -2.10. The second-order valence-corrected chi connectivity index (χ2v) is 6.72. The fraction of sp³-hybridized carbons (Fsp3) is 0.294. The van der Waals surface area contributed by atoms with Gasteiger partial charge < -0.3 is 15.4 Å². The molecule has 0 spiro atoms. The molecule has 1 fully saturated rings. The largest absolute Gasteiger partial charge is 0.492 e. The van der Waals surface area contributed by atoms with Crippen LogP contribution >= 0.6 is 11.3 Å². The van der Waals surface area contributed by atoms with Crippen molar-refractivity contribution >= 4 is 28.2 Å². The Morgan fingerprint density at radius 2 is 2.00 bits per heavy atom. The van der Waals surface area contributed by atoms with Crippen LogP contribution in [0.2, 0.25) is 0 Å². The van der Waals surface area contributed by atoms with Crippen molar-refractivity contribution < 1.29 is 14.3 Å². The topological polar surface area (TPSA) is 67.4 Å². The van der Waals surface area contributed by atoms with Gasteiger partial charge in [0.2, 0.25) is 5.91 Å². The van der Waals surface area contributed by atoms with Gasteiger partial charge in [-0.15, -0.1) is 11.3 Å². The van der Waals surface area contributed by atoms with Crippen LogP contribution in [0.1, 0.15) is 34.7 Å². The van der Waals surface area contributed by atoms with Crippen LogP contribution in [0.25, 0.3) is 0 Å². The number of benzene rings is 1. The third kappa shape index (κ3) is 2.82. The molecule has 4 rings (SSSR count). The summed E-state index contributed by atoms with van der Waals surface area (Å²) in [5, 5.41) is 8.24. The van der Waals surface area contributed by atoms with Crippen LogP contribution in [-0.2, 0) is 4.79 Å². The molecule has 2 aliphatic rings. The van der Waals surface area contributed by atoms with Crippen molar-refractivity contribution in [2.45, 2.75) is 24.8 Å². The van der Waals surface area contributed by atoms with Crippen LogP contribution in [0, 0.1) is 0 Å². The van der Waals surface area contributed by atoms with Crippen LogP contribution in [0.3, 0.4) is 0 Å². The zero-order valence-electron chi connectivity index (χ0n) is 12.4. The Balaban J connectivity index is 1.49. The number of rotatable bonds is 4. The normalized spacial score (nSPS) is 18.9. The zero-order valence-corrected chi connectivity index (χ0v) is 13.2. The number of anilines is 1. The number of thiophene rings is 1. The van der Waals surface area contributed by atoms with Crippen LogP contribution in [-0.4, -0.2) is 24.5 Å². The molecule has 2 heterocycles. The molecule has 1 atom stereocenters. The molecular weight excluding hydrogens is 312 g/mol. The predicted octanol–water partition coefficient (Wildman–Crippen LogP) is 2.76. The monoisotopic (exact) mass is 328 g/mol. The van der Waals surface area contributed by atoms with Crippen molar-refractivity contribution in [2.75, 3.05) is 11.9 Å². The molecule has 1 aromatic heterocycles. The maximum absolute atomic E-state index is 12.6. The number of fused-ring (bicyclic) bond motifs is 1. The lowest BCUT2D eigenvalue weighted by molar-refractivity contribution is -0.117. The first-order valence-corrected chi connectivity index (χ1v) is 8.51. The number of amides is 2. The van der Waals surface area contributed by atoms with E-state index in [-0.39, 0.29) is 17.7 Å². The average Bonchev–Trinajstić information content (AvgIpc) is 3.09. The van der Waals surface area contributed by atoms with Crippen molar-refractivity contribution in [3.05, 3.63) is 46.8 Å². The van der Waals surface area contributed by atoms with E-state index in [1.807, 2.05) is 29.6 Å². The Bertz CT molecular complexity index is 767. The van der Waals surface area contributed by atoms with Gasteiger partial charge in [0.1, 0.15) is 23.3 Å². The van der Waals surface area contributed by atoms with E-state index in [0.717, 1.165) is 24.2 Å². The third-order valence-electron chi connectivity index (χ3n) is 4.08. The highest BCUT2D eigenvalue weighted by Crippen LogP contribution is 2.35. The second kappa shape index (κ2) is 5.70. The van der Waals surface area contributed by atoms with Gasteiger partial charge in [-0.1, -0.05) is 18.2 Å². The summed E-state index contributed by atoms with van der Waals surface area (Å²) < 4.78 is 5.55. The van der Waals surface area contributed by atoms with E-state index in [1.165, 1.54) is 11.3 Å². The molecule has 1 aliphatic heterocycles. The van der Waals surface area contributed by atoms with Gasteiger partial charge in [-0.2, -0.15) is 0 Å². The fourth-order valence-corrected chi connectivity index (χ4v) is 3.44. The highest BCUT2D eigenvalue weighted by molar-refractivity contribution is 7.14. The van der Waals surface area contributed by atoms with E-state index in [0.29, 0.717) is 23.2 Å². The van der Waals surface area contributed by atoms with Crippen LogP contribution in [0.4, 0.5) is 5.00 Å². The Morgan fingerprint density at radius 3 is 2.83 bits per heavy atom. The summed E-state index contributed by atoms with van der Waals surface area (Å²) in [6, 6.07) is 9.59.